The van der Waals surface area contributed by atoms with Crippen LogP contribution in [0.15, 0.2) is 0 Å². The Bertz CT molecular complexity index is 241. The Labute approximate surface area is 90.6 Å². The first-order valence-electron chi connectivity index (χ1n) is 5.89. The van der Waals surface area contributed by atoms with Gasteiger partial charge in [0.05, 0.1) is 6.04 Å². The van der Waals surface area contributed by atoms with Crippen molar-refractivity contribution in [1.29, 1.82) is 0 Å². The first-order valence-corrected chi connectivity index (χ1v) is 5.89. The molecule has 0 aromatic rings. The minimum absolute atomic E-state index is 0.0404. The highest BCUT2D eigenvalue weighted by atomic mass is 16.3. The van der Waals surface area contributed by atoms with Gasteiger partial charge in [0.1, 0.15) is 0 Å². The molecule has 0 spiro atoms. The topological polar surface area (TPSA) is 52.6 Å². The van der Waals surface area contributed by atoms with Crippen LogP contribution in [0.3, 0.4) is 0 Å². The highest BCUT2D eigenvalue weighted by Crippen LogP contribution is 2.23. The number of hydrogen-bond acceptors (Lipinski definition) is 3. The van der Waals surface area contributed by atoms with Crippen molar-refractivity contribution < 1.29 is 9.90 Å². The van der Waals surface area contributed by atoms with Crippen molar-refractivity contribution in [2.24, 2.45) is 0 Å². The van der Waals surface area contributed by atoms with Crippen molar-refractivity contribution >= 4 is 5.91 Å². The Morgan fingerprint density at radius 2 is 2.27 bits per heavy atom. The molecule has 2 aliphatic rings. The molecule has 4 nitrogen and oxygen atoms in total. The van der Waals surface area contributed by atoms with Gasteiger partial charge in [-0.25, -0.2) is 0 Å². The second kappa shape index (κ2) is 4.49. The minimum Gasteiger partial charge on any atom is -0.396 e. The quantitative estimate of drug-likeness (QED) is 0.680. The Morgan fingerprint density at radius 1 is 1.53 bits per heavy atom. The monoisotopic (exact) mass is 212 g/mol. The van der Waals surface area contributed by atoms with Crippen LogP contribution in [0, 0.1) is 0 Å². The van der Waals surface area contributed by atoms with E-state index in [4.69, 9.17) is 5.11 Å². The summed E-state index contributed by atoms with van der Waals surface area (Å²) in [5.74, 6) is 0.225. The average Bonchev–Trinajstić information content (AvgIpc) is 2.93. The first kappa shape index (κ1) is 10.9. The number of amides is 1. The van der Waals surface area contributed by atoms with Gasteiger partial charge in [0.25, 0.3) is 0 Å². The van der Waals surface area contributed by atoms with Gasteiger partial charge >= 0.3 is 0 Å². The SMILES string of the molecule is CC(CCO)N1CCC(NC2CC2)C1=O. The molecular weight excluding hydrogens is 192 g/mol. The molecule has 1 amide bonds. The van der Waals surface area contributed by atoms with Crippen LogP contribution in [-0.4, -0.2) is 47.2 Å². The molecule has 2 rings (SSSR count). The fourth-order valence-electron chi connectivity index (χ4n) is 2.17. The maximum absolute atomic E-state index is 12.0. The molecule has 86 valence electrons. The molecule has 15 heavy (non-hydrogen) atoms. The second-order valence-corrected chi connectivity index (χ2v) is 4.68. The van der Waals surface area contributed by atoms with Gasteiger partial charge in [-0.2, -0.15) is 0 Å². The van der Waals surface area contributed by atoms with Crippen LogP contribution < -0.4 is 5.32 Å². The maximum Gasteiger partial charge on any atom is 0.240 e. The van der Waals surface area contributed by atoms with Crippen LogP contribution >= 0.6 is 0 Å². The lowest BCUT2D eigenvalue weighted by Gasteiger charge is -2.24. The lowest BCUT2D eigenvalue weighted by atomic mass is 10.2. The Balaban J connectivity index is 1.84. The smallest absolute Gasteiger partial charge is 0.240 e. The Hall–Kier alpha value is -0.610. The van der Waals surface area contributed by atoms with Gasteiger partial charge in [0.2, 0.25) is 5.91 Å². The van der Waals surface area contributed by atoms with Crippen molar-refractivity contribution in [2.45, 2.75) is 50.7 Å². The average molecular weight is 212 g/mol. The maximum atomic E-state index is 12.0. The minimum atomic E-state index is 0.0404. The fraction of sp³-hybridized carbons (Fsp3) is 0.909. The summed E-state index contributed by atoms with van der Waals surface area (Å²) >= 11 is 0. The summed E-state index contributed by atoms with van der Waals surface area (Å²) in [5.41, 5.74) is 0. The number of aliphatic hydroxyl groups is 1. The van der Waals surface area contributed by atoms with Gasteiger partial charge in [-0.1, -0.05) is 0 Å². The predicted octanol–water partition coefficient (Wildman–Crippen LogP) is 0.110. The zero-order valence-electron chi connectivity index (χ0n) is 9.28. The van der Waals surface area contributed by atoms with Gasteiger partial charge in [-0.05, 0) is 32.6 Å². The molecule has 2 unspecified atom stereocenters. The van der Waals surface area contributed by atoms with Gasteiger partial charge in [-0.15, -0.1) is 0 Å². The third-order valence-corrected chi connectivity index (χ3v) is 3.33. The lowest BCUT2D eigenvalue weighted by Crippen LogP contribution is -2.42. The van der Waals surface area contributed by atoms with E-state index in [0.717, 1.165) is 13.0 Å². The third-order valence-electron chi connectivity index (χ3n) is 3.33. The number of carbonyl (C=O) groups excluding carboxylic acids is 1. The fourth-order valence-corrected chi connectivity index (χ4v) is 2.17. The van der Waals surface area contributed by atoms with Crippen LogP contribution in [0.4, 0.5) is 0 Å². The molecule has 1 aliphatic heterocycles. The Morgan fingerprint density at radius 3 is 2.87 bits per heavy atom. The van der Waals surface area contributed by atoms with Crippen molar-refractivity contribution in [3.05, 3.63) is 0 Å². The summed E-state index contributed by atoms with van der Waals surface area (Å²) in [4.78, 5) is 13.9. The molecular formula is C11H20N2O2. The van der Waals surface area contributed by atoms with Crippen LogP contribution in [0.25, 0.3) is 0 Å². The number of carbonyl (C=O) groups is 1. The van der Waals surface area contributed by atoms with E-state index < -0.39 is 0 Å². The van der Waals surface area contributed by atoms with Crippen LogP contribution in [0.2, 0.25) is 0 Å². The molecule has 2 fully saturated rings. The van der Waals surface area contributed by atoms with E-state index in [0.29, 0.717) is 12.5 Å². The summed E-state index contributed by atoms with van der Waals surface area (Å²) in [7, 11) is 0. The van der Waals surface area contributed by atoms with Gasteiger partial charge in [0.15, 0.2) is 0 Å². The molecule has 1 saturated heterocycles. The zero-order chi connectivity index (χ0) is 10.8. The van der Waals surface area contributed by atoms with Crippen molar-refractivity contribution in [3.8, 4) is 0 Å². The van der Waals surface area contributed by atoms with Gasteiger partial charge in [0, 0.05) is 25.2 Å². The molecule has 2 atom stereocenters. The normalized spacial score (nSPS) is 28.5. The Kier molecular flexibility index (Phi) is 3.26. The highest BCUT2D eigenvalue weighted by molar-refractivity contribution is 5.84. The molecule has 1 heterocycles. The molecule has 1 aliphatic carbocycles. The molecule has 4 heteroatoms. The number of nitrogens with one attached hydrogen (secondary N) is 1. The van der Waals surface area contributed by atoms with Gasteiger partial charge < -0.3 is 15.3 Å². The largest absolute Gasteiger partial charge is 0.396 e. The molecule has 1 saturated carbocycles. The summed E-state index contributed by atoms with van der Waals surface area (Å²) in [5, 5.41) is 12.2. The molecule has 0 aromatic carbocycles. The number of rotatable bonds is 5. The third kappa shape index (κ3) is 2.49. The van der Waals surface area contributed by atoms with Crippen molar-refractivity contribution in [3.63, 3.8) is 0 Å². The van der Waals surface area contributed by atoms with Gasteiger partial charge in [-0.3, -0.25) is 4.79 Å². The zero-order valence-corrected chi connectivity index (χ0v) is 9.28. The first-order chi connectivity index (χ1) is 7.22. The van der Waals surface area contributed by atoms with E-state index in [1.165, 1.54) is 12.8 Å². The number of aliphatic hydroxyl groups excluding tert-OH is 1. The van der Waals surface area contributed by atoms with Crippen LogP contribution in [0.5, 0.6) is 0 Å². The highest BCUT2D eigenvalue weighted by Gasteiger charge is 2.37. The second-order valence-electron chi connectivity index (χ2n) is 4.68. The lowest BCUT2D eigenvalue weighted by molar-refractivity contribution is -0.131. The summed E-state index contributed by atoms with van der Waals surface area (Å²) in [6.45, 7) is 3.00. The van der Waals surface area contributed by atoms with E-state index >= 15 is 0 Å². The molecule has 2 N–H and O–H groups in total. The summed E-state index contributed by atoms with van der Waals surface area (Å²) < 4.78 is 0. The standard InChI is InChI=1S/C11H20N2O2/c1-8(5-7-14)13-6-4-10(11(13)15)12-9-2-3-9/h8-10,12,14H,2-7H2,1H3. The summed E-state index contributed by atoms with van der Waals surface area (Å²) in [6.07, 6.45) is 4.04. The van der Waals surface area contributed by atoms with E-state index in [1.807, 2.05) is 11.8 Å². The van der Waals surface area contributed by atoms with E-state index in [2.05, 4.69) is 5.32 Å². The number of likely N-dealkylation sites (tertiary alicyclic amines) is 1. The predicted molar refractivity (Wildman–Crippen MR) is 57.4 cm³/mol. The number of hydrogen-bond donors (Lipinski definition) is 2. The van der Waals surface area contributed by atoms with Crippen molar-refractivity contribution in [2.75, 3.05) is 13.2 Å². The van der Waals surface area contributed by atoms with Crippen LogP contribution in [-0.2, 0) is 4.79 Å². The molecule has 0 aromatic heterocycles. The van der Waals surface area contributed by atoms with E-state index in [-0.39, 0.29) is 24.6 Å². The van der Waals surface area contributed by atoms with Crippen LogP contribution in [0.1, 0.15) is 32.6 Å². The van der Waals surface area contributed by atoms with E-state index in [1.54, 1.807) is 0 Å². The molecule has 0 bridgehead atoms. The van der Waals surface area contributed by atoms with Crippen molar-refractivity contribution in [1.82, 2.24) is 10.2 Å². The molecule has 0 radical (unpaired) electrons. The number of nitrogens with zero attached hydrogens (tertiary/aromatic N) is 1. The summed E-state index contributed by atoms with van der Waals surface area (Å²) in [6, 6.07) is 0.805. The van der Waals surface area contributed by atoms with E-state index in [9.17, 15) is 4.79 Å².